The van der Waals surface area contributed by atoms with Gasteiger partial charge in [-0.15, -0.1) is 13.2 Å². The Kier molecular flexibility index (Phi) is 25.4. The molecule has 23 heavy (non-hydrogen) atoms. The number of sulfonamides is 1. The number of nitrogens with zero attached hydrogens (tertiary/aromatic N) is 2. The second-order valence-corrected chi connectivity index (χ2v) is 4.27. The van der Waals surface area contributed by atoms with Gasteiger partial charge in [-0.3, -0.25) is 0 Å². The fourth-order valence-electron chi connectivity index (χ4n) is 1.03. The zero-order chi connectivity index (χ0) is 19.5. The molecule has 1 aromatic rings. The van der Waals surface area contributed by atoms with E-state index >= 15 is 0 Å². The second kappa shape index (κ2) is 20.1. The first-order valence-electron chi connectivity index (χ1n) is 7.50. The van der Waals surface area contributed by atoms with Gasteiger partial charge in [-0.05, 0) is 24.3 Å². The van der Waals surface area contributed by atoms with Crippen molar-refractivity contribution in [3.8, 4) is 0 Å². The Bertz CT molecular complexity index is 475. The Hall–Kier alpha value is -1.92. The summed E-state index contributed by atoms with van der Waals surface area (Å²) in [6, 6.07) is 5.92. The molecule has 0 aliphatic rings. The van der Waals surface area contributed by atoms with Crippen molar-refractivity contribution < 1.29 is 8.42 Å². The van der Waals surface area contributed by atoms with Crippen LogP contribution in [0.25, 0.3) is 0 Å². The number of hydrazone groups is 1. The highest BCUT2D eigenvalue weighted by Crippen LogP contribution is 2.17. The average molecular weight is 344 g/mol. The SMILES string of the molecule is C=C.C=CN(N=C)c1ccc(S(N)(=O)=O)cc1.CC.CC.CC. The van der Waals surface area contributed by atoms with E-state index in [0.29, 0.717) is 5.69 Å². The maximum absolute atomic E-state index is 11.0. The van der Waals surface area contributed by atoms with E-state index in [-0.39, 0.29) is 4.90 Å². The van der Waals surface area contributed by atoms with Gasteiger partial charge in [0, 0.05) is 12.9 Å². The molecule has 0 aromatic heterocycles. The number of benzene rings is 1. The van der Waals surface area contributed by atoms with E-state index < -0.39 is 10.0 Å². The standard InChI is InChI=1S/C9H11N3O2S.3C2H6.C2H4/c1-3-12(11-2)8-4-6-9(7-5-8)15(10,13)14;4*1-2/h3-7H,1-2H2,(H2,10,13,14);3*1-2H3;1-2H2. The molecule has 0 radical (unpaired) electrons. The van der Waals surface area contributed by atoms with Crippen molar-refractivity contribution in [3.05, 3.63) is 50.2 Å². The number of rotatable bonds is 4. The van der Waals surface area contributed by atoms with Gasteiger partial charge in [0.2, 0.25) is 10.0 Å². The first kappa shape index (κ1) is 29.1. The van der Waals surface area contributed by atoms with Crippen molar-refractivity contribution in [2.45, 2.75) is 46.4 Å². The molecule has 0 aliphatic carbocycles. The van der Waals surface area contributed by atoms with Crippen molar-refractivity contribution in [3.63, 3.8) is 0 Å². The molecule has 0 aliphatic heterocycles. The smallest absolute Gasteiger partial charge is 0.238 e. The van der Waals surface area contributed by atoms with Gasteiger partial charge in [0.25, 0.3) is 0 Å². The maximum Gasteiger partial charge on any atom is 0.238 e. The molecule has 0 saturated heterocycles. The van der Waals surface area contributed by atoms with Crippen LogP contribution < -0.4 is 10.1 Å². The van der Waals surface area contributed by atoms with Crippen LogP contribution in [0.2, 0.25) is 0 Å². The zero-order valence-corrected chi connectivity index (χ0v) is 16.2. The summed E-state index contributed by atoms with van der Waals surface area (Å²) in [4.78, 5) is 0.0549. The van der Waals surface area contributed by atoms with Gasteiger partial charge in [0.1, 0.15) is 0 Å². The number of primary sulfonamides is 1. The summed E-state index contributed by atoms with van der Waals surface area (Å²) in [6.45, 7) is 24.9. The van der Waals surface area contributed by atoms with Crippen LogP contribution in [0.15, 0.2) is 60.2 Å². The molecule has 0 fully saturated rings. The Morgan fingerprint density at radius 3 is 1.57 bits per heavy atom. The lowest BCUT2D eigenvalue weighted by molar-refractivity contribution is 0.598. The number of anilines is 1. The van der Waals surface area contributed by atoms with Gasteiger partial charge in [-0.1, -0.05) is 48.1 Å². The van der Waals surface area contributed by atoms with Crippen LogP contribution in [0.5, 0.6) is 0 Å². The first-order chi connectivity index (χ1) is 11.0. The molecule has 134 valence electrons. The zero-order valence-electron chi connectivity index (χ0n) is 15.4. The quantitative estimate of drug-likeness (QED) is 0.485. The number of hydrogen-bond acceptors (Lipinski definition) is 4. The summed E-state index contributed by atoms with van der Waals surface area (Å²) in [6.07, 6.45) is 1.46. The van der Waals surface area contributed by atoms with E-state index in [1.807, 2.05) is 41.5 Å². The molecular weight excluding hydrogens is 310 g/mol. The van der Waals surface area contributed by atoms with Gasteiger partial charge >= 0.3 is 0 Å². The average Bonchev–Trinajstić information content (AvgIpc) is 2.63. The lowest BCUT2D eigenvalue weighted by Crippen LogP contribution is -2.12. The fourth-order valence-corrected chi connectivity index (χ4v) is 1.55. The van der Waals surface area contributed by atoms with E-state index in [9.17, 15) is 8.42 Å². The Labute approximate surface area is 143 Å². The van der Waals surface area contributed by atoms with Gasteiger partial charge in [-0.25, -0.2) is 18.6 Å². The van der Waals surface area contributed by atoms with Crippen LogP contribution in [-0.4, -0.2) is 15.1 Å². The van der Waals surface area contributed by atoms with Crippen LogP contribution >= 0.6 is 0 Å². The van der Waals surface area contributed by atoms with Crippen molar-refractivity contribution in [2.24, 2.45) is 10.2 Å². The van der Waals surface area contributed by atoms with Crippen molar-refractivity contribution in [1.29, 1.82) is 0 Å². The van der Waals surface area contributed by atoms with Crippen LogP contribution in [-0.2, 0) is 10.0 Å². The first-order valence-corrected chi connectivity index (χ1v) is 9.05. The molecule has 0 heterocycles. The van der Waals surface area contributed by atoms with E-state index in [4.69, 9.17) is 5.14 Å². The molecule has 0 bridgehead atoms. The highest BCUT2D eigenvalue weighted by Gasteiger charge is 2.07. The number of hydrogen-bond donors (Lipinski definition) is 1. The van der Waals surface area contributed by atoms with Gasteiger partial charge in [-0.2, -0.15) is 5.10 Å². The summed E-state index contributed by atoms with van der Waals surface area (Å²) in [5.74, 6) is 0. The maximum atomic E-state index is 11.0. The van der Waals surface area contributed by atoms with Gasteiger partial charge in [0.15, 0.2) is 0 Å². The van der Waals surface area contributed by atoms with Crippen LogP contribution in [0.4, 0.5) is 5.69 Å². The molecule has 0 saturated carbocycles. The summed E-state index contributed by atoms with van der Waals surface area (Å²) in [5.41, 5.74) is 0.660. The summed E-state index contributed by atoms with van der Waals surface area (Å²) in [5, 5.41) is 10.0. The molecule has 6 heteroatoms. The highest BCUT2D eigenvalue weighted by molar-refractivity contribution is 7.89. The Morgan fingerprint density at radius 2 is 1.35 bits per heavy atom. The number of nitrogens with two attached hydrogens (primary N) is 1. The molecule has 5 nitrogen and oxygen atoms in total. The Morgan fingerprint density at radius 1 is 1.00 bits per heavy atom. The highest BCUT2D eigenvalue weighted by atomic mass is 32.2. The lowest BCUT2D eigenvalue weighted by Gasteiger charge is -2.12. The molecule has 2 N–H and O–H groups in total. The van der Waals surface area contributed by atoms with E-state index in [1.54, 1.807) is 12.1 Å². The minimum absolute atomic E-state index is 0.0549. The third-order valence-corrected chi connectivity index (χ3v) is 2.68. The lowest BCUT2D eigenvalue weighted by atomic mass is 10.3. The van der Waals surface area contributed by atoms with Gasteiger partial charge in [0.05, 0.1) is 10.6 Å². The summed E-state index contributed by atoms with van der Waals surface area (Å²) < 4.78 is 21.9. The van der Waals surface area contributed by atoms with E-state index in [2.05, 4.69) is 31.6 Å². The fraction of sp³-hybridized carbons (Fsp3) is 0.353. The Balaban J connectivity index is -0.000000196. The molecule has 0 unspecified atom stereocenters. The van der Waals surface area contributed by atoms with Crippen LogP contribution in [0.1, 0.15) is 41.5 Å². The van der Waals surface area contributed by atoms with Crippen LogP contribution in [0, 0.1) is 0 Å². The molecule has 0 spiro atoms. The predicted molar refractivity (Wildman–Crippen MR) is 105 cm³/mol. The predicted octanol–water partition coefficient (Wildman–Crippen LogP) is 4.78. The molecular formula is C17H33N3O2S. The minimum atomic E-state index is -3.65. The van der Waals surface area contributed by atoms with Crippen LogP contribution in [0.3, 0.4) is 0 Å². The largest absolute Gasteiger partial charge is 0.242 e. The third-order valence-electron chi connectivity index (χ3n) is 1.76. The van der Waals surface area contributed by atoms with Crippen molar-refractivity contribution in [2.75, 3.05) is 5.01 Å². The topological polar surface area (TPSA) is 75.8 Å². The monoisotopic (exact) mass is 343 g/mol. The second-order valence-electron chi connectivity index (χ2n) is 2.71. The molecule has 1 rings (SSSR count). The van der Waals surface area contributed by atoms with E-state index in [1.165, 1.54) is 23.3 Å². The van der Waals surface area contributed by atoms with E-state index in [0.717, 1.165) is 0 Å². The van der Waals surface area contributed by atoms with Crippen molar-refractivity contribution in [1.82, 2.24) is 0 Å². The normalized spacial score (nSPS) is 7.96. The molecule has 1 aromatic carbocycles. The third kappa shape index (κ3) is 13.5. The summed E-state index contributed by atoms with van der Waals surface area (Å²) in [7, 11) is -3.65. The van der Waals surface area contributed by atoms with Gasteiger partial charge < -0.3 is 0 Å². The molecule has 0 atom stereocenters. The minimum Gasteiger partial charge on any atom is -0.242 e. The molecule has 0 amide bonds. The summed E-state index contributed by atoms with van der Waals surface area (Å²) >= 11 is 0. The van der Waals surface area contributed by atoms with Crippen molar-refractivity contribution >= 4 is 22.4 Å².